The number of nitrogens with two attached hydrogens (primary N) is 1. The number of nitrogen functional groups attached to an aromatic ring is 1. The third-order valence-electron chi connectivity index (χ3n) is 1.81. The molecule has 0 aliphatic heterocycles. The van der Waals surface area contributed by atoms with E-state index in [4.69, 9.17) is 11.0 Å². The second-order valence-electron chi connectivity index (χ2n) is 2.83. The highest BCUT2D eigenvalue weighted by Crippen LogP contribution is 2.16. The van der Waals surface area contributed by atoms with Gasteiger partial charge in [-0.05, 0) is 24.5 Å². The number of hydrogen-bond acceptors (Lipinski definition) is 4. The highest BCUT2D eigenvalue weighted by Gasteiger charge is 1.98. The number of nitriles is 1. The Bertz CT molecular complexity index is 344. The minimum atomic E-state index is 0.528. The van der Waals surface area contributed by atoms with Crippen molar-refractivity contribution in [2.75, 3.05) is 29.6 Å². The Morgan fingerprint density at radius 3 is 2.93 bits per heavy atom. The lowest BCUT2D eigenvalue weighted by Crippen LogP contribution is -2.04. The van der Waals surface area contributed by atoms with Crippen molar-refractivity contribution in [1.82, 2.24) is 0 Å². The second kappa shape index (κ2) is 5.40. The standard InChI is InChI=1S/C10H13N3S/c1-14-5-4-13-9-3-2-8(7-11)10(12)6-9/h2-3,6,13H,4-5,12H2,1H3. The number of nitrogens with zero attached hydrogens (tertiary/aromatic N) is 1. The molecule has 0 saturated carbocycles. The minimum absolute atomic E-state index is 0.528. The minimum Gasteiger partial charge on any atom is -0.398 e. The summed E-state index contributed by atoms with van der Waals surface area (Å²) >= 11 is 1.79. The molecule has 0 saturated heterocycles. The fourth-order valence-corrected chi connectivity index (χ4v) is 1.38. The third-order valence-corrected chi connectivity index (χ3v) is 2.42. The molecule has 0 bridgehead atoms. The van der Waals surface area contributed by atoms with Gasteiger partial charge in [-0.15, -0.1) is 0 Å². The van der Waals surface area contributed by atoms with Gasteiger partial charge in [0, 0.05) is 18.0 Å². The van der Waals surface area contributed by atoms with Crippen molar-refractivity contribution in [3.05, 3.63) is 23.8 Å². The van der Waals surface area contributed by atoms with Crippen molar-refractivity contribution in [2.24, 2.45) is 0 Å². The van der Waals surface area contributed by atoms with E-state index in [1.54, 1.807) is 23.9 Å². The molecule has 4 heteroatoms. The van der Waals surface area contributed by atoms with Gasteiger partial charge in [0.1, 0.15) is 6.07 Å². The first-order chi connectivity index (χ1) is 6.77. The smallest absolute Gasteiger partial charge is 0.101 e. The number of hydrogen-bond donors (Lipinski definition) is 2. The number of benzene rings is 1. The molecule has 0 radical (unpaired) electrons. The van der Waals surface area contributed by atoms with E-state index >= 15 is 0 Å². The lowest BCUT2D eigenvalue weighted by atomic mass is 10.2. The molecule has 1 aromatic rings. The first-order valence-corrected chi connectivity index (χ1v) is 5.69. The summed E-state index contributed by atoms with van der Waals surface area (Å²) in [6.07, 6.45) is 2.06. The second-order valence-corrected chi connectivity index (χ2v) is 3.82. The number of rotatable bonds is 4. The zero-order chi connectivity index (χ0) is 10.4. The summed E-state index contributed by atoms with van der Waals surface area (Å²) < 4.78 is 0. The Hall–Kier alpha value is -1.34. The molecule has 3 N–H and O–H groups in total. The molecule has 74 valence electrons. The Balaban J connectivity index is 2.63. The summed E-state index contributed by atoms with van der Waals surface area (Å²) in [7, 11) is 0. The summed E-state index contributed by atoms with van der Waals surface area (Å²) in [4.78, 5) is 0. The molecule has 0 unspecified atom stereocenters. The lowest BCUT2D eigenvalue weighted by molar-refractivity contribution is 1.23. The lowest BCUT2D eigenvalue weighted by Gasteiger charge is -2.06. The largest absolute Gasteiger partial charge is 0.398 e. The van der Waals surface area contributed by atoms with Crippen LogP contribution in [0.1, 0.15) is 5.56 Å². The number of thioether (sulfide) groups is 1. The Morgan fingerprint density at radius 2 is 2.36 bits per heavy atom. The number of anilines is 2. The molecule has 0 fully saturated rings. The molecule has 0 atom stereocenters. The maximum Gasteiger partial charge on any atom is 0.101 e. The van der Waals surface area contributed by atoms with Gasteiger partial charge < -0.3 is 11.1 Å². The average Bonchev–Trinajstić information content (AvgIpc) is 2.18. The maximum absolute atomic E-state index is 8.67. The van der Waals surface area contributed by atoms with E-state index in [1.807, 2.05) is 12.1 Å². The van der Waals surface area contributed by atoms with E-state index in [9.17, 15) is 0 Å². The van der Waals surface area contributed by atoms with Crippen molar-refractivity contribution in [3.8, 4) is 6.07 Å². The van der Waals surface area contributed by atoms with Crippen LogP contribution in [-0.2, 0) is 0 Å². The Kier molecular flexibility index (Phi) is 4.14. The SMILES string of the molecule is CSCCNc1ccc(C#N)c(N)c1. The van der Waals surface area contributed by atoms with Gasteiger partial charge in [-0.25, -0.2) is 0 Å². The van der Waals surface area contributed by atoms with Gasteiger partial charge in [-0.2, -0.15) is 17.0 Å². The van der Waals surface area contributed by atoms with E-state index in [2.05, 4.69) is 11.6 Å². The van der Waals surface area contributed by atoms with Crippen LogP contribution in [0.15, 0.2) is 18.2 Å². The Labute approximate surface area is 88.3 Å². The van der Waals surface area contributed by atoms with Gasteiger partial charge >= 0.3 is 0 Å². The molecular formula is C10H13N3S. The van der Waals surface area contributed by atoms with E-state index in [0.29, 0.717) is 11.3 Å². The molecular weight excluding hydrogens is 194 g/mol. The third kappa shape index (κ3) is 2.86. The summed E-state index contributed by atoms with van der Waals surface area (Å²) in [5, 5.41) is 11.9. The van der Waals surface area contributed by atoms with Crippen LogP contribution in [0.3, 0.4) is 0 Å². The Morgan fingerprint density at radius 1 is 1.57 bits per heavy atom. The number of nitrogens with one attached hydrogen (secondary N) is 1. The van der Waals surface area contributed by atoms with Crippen molar-refractivity contribution in [2.45, 2.75) is 0 Å². The van der Waals surface area contributed by atoms with Crippen molar-refractivity contribution in [3.63, 3.8) is 0 Å². The summed E-state index contributed by atoms with van der Waals surface area (Å²) in [6.45, 7) is 0.909. The van der Waals surface area contributed by atoms with Crippen LogP contribution in [0.2, 0.25) is 0 Å². The molecule has 1 rings (SSSR count). The summed E-state index contributed by atoms with van der Waals surface area (Å²) in [5.41, 5.74) is 7.69. The first-order valence-electron chi connectivity index (χ1n) is 4.30. The maximum atomic E-state index is 8.67. The quantitative estimate of drug-likeness (QED) is 0.585. The molecule has 0 aromatic heterocycles. The van der Waals surface area contributed by atoms with E-state index < -0.39 is 0 Å². The molecule has 3 nitrogen and oxygen atoms in total. The average molecular weight is 207 g/mol. The first kappa shape index (κ1) is 10.7. The zero-order valence-corrected chi connectivity index (χ0v) is 8.90. The van der Waals surface area contributed by atoms with Crippen LogP contribution in [0, 0.1) is 11.3 Å². The van der Waals surface area contributed by atoms with Crippen LogP contribution < -0.4 is 11.1 Å². The van der Waals surface area contributed by atoms with E-state index in [1.165, 1.54) is 0 Å². The van der Waals surface area contributed by atoms with Crippen molar-refractivity contribution < 1.29 is 0 Å². The normalized spacial score (nSPS) is 9.43. The highest BCUT2D eigenvalue weighted by molar-refractivity contribution is 7.98. The van der Waals surface area contributed by atoms with Crippen LogP contribution in [0.4, 0.5) is 11.4 Å². The fraction of sp³-hybridized carbons (Fsp3) is 0.300. The van der Waals surface area contributed by atoms with E-state index in [-0.39, 0.29) is 0 Å². The summed E-state index contributed by atoms with van der Waals surface area (Å²) in [6, 6.07) is 7.43. The van der Waals surface area contributed by atoms with Gasteiger partial charge in [0.05, 0.1) is 11.3 Å². The molecule has 0 amide bonds. The van der Waals surface area contributed by atoms with Crippen LogP contribution in [-0.4, -0.2) is 18.6 Å². The zero-order valence-electron chi connectivity index (χ0n) is 8.08. The van der Waals surface area contributed by atoms with Crippen LogP contribution >= 0.6 is 11.8 Å². The van der Waals surface area contributed by atoms with Crippen LogP contribution in [0.5, 0.6) is 0 Å². The molecule has 14 heavy (non-hydrogen) atoms. The van der Waals surface area contributed by atoms with Gasteiger partial charge in [0.25, 0.3) is 0 Å². The monoisotopic (exact) mass is 207 g/mol. The molecule has 0 heterocycles. The van der Waals surface area contributed by atoms with Gasteiger partial charge in [-0.1, -0.05) is 0 Å². The predicted molar refractivity (Wildman–Crippen MR) is 62.4 cm³/mol. The van der Waals surface area contributed by atoms with Crippen molar-refractivity contribution in [1.29, 1.82) is 5.26 Å². The van der Waals surface area contributed by atoms with Gasteiger partial charge in [0.2, 0.25) is 0 Å². The van der Waals surface area contributed by atoms with Crippen molar-refractivity contribution >= 4 is 23.1 Å². The summed E-state index contributed by atoms with van der Waals surface area (Å²) in [5.74, 6) is 1.06. The highest BCUT2D eigenvalue weighted by atomic mass is 32.2. The van der Waals surface area contributed by atoms with Crippen LogP contribution in [0.25, 0.3) is 0 Å². The predicted octanol–water partition coefficient (Wildman–Crippen LogP) is 1.92. The molecule has 0 aliphatic rings. The topological polar surface area (TPSA) is 61.8 Å². The van der Waals surface area contributed by atoms with Gasteiger partial charge in [-0.3, -0.25) is 0 Å². The molecule has 0 spiro atoms. The van der Waals surface area contributed by atoms with Gasteiger partial charge in [0.15, 0.2) is 0 Å². The molecule has 1 aromatic carbocycles. The van der Waals surface area contributed by atoms with E-state index in [0.717, 1.165) is 18.0 Å². The molecule has 0 aliphatic carbocycles. The fourth-order valence-electron chi connectivity index (χ4n) is 1.07.